The standard InChI is InChI=1S/C23H26N6O2/c1-15-10-16(11-24)6-8-18(15)19-13-26-29(22(19)31)20-9-7-17(12-25-20)21(30)27-23(2,3)14-28(4)5/h6-10,12-13,26H,14H2,1-5H3,(H,27,30). The molecule has 0 unspecified atom stereocenters. The summed E-state index contributed by atoms with van der Waals surface area (Å²) in [5, 5.41) is 15.0. The zero-order valence-electron chi connectivity index (χ0n) is 18.4. The van der Waals surface area contributed by atoms with Crippen LogP contribution in [0.1, 0.15) is 35.3 Å². The van der Waals surface area contributed by atoms with E-state index in [-0.39, 0.29) is 11.5 Å². The molecule has 0 bridgehead atoms. The maximum Gasteiger partial charge on any atom is 0.280 e. The average Bonchev–Trinajstić information content (AvgIpc) is 3.07. The summed E-state index contributed by atoms with van der Waals surface area (Å²) in [5.41, 5.74) is 2.37. The quantitative estimate of drug-likeness (QED) is 0.640. The van der Waals surface area contributed by atoms with Crippen LogP contribution in [0.25, 0.3) is 16.9 Å². The van der Waals surface area contributed by atoms with Gasteiger partial charge in [-0.3, -0.25) is 14.7 Å². The Morgan fingerprint density at radius 1 is 1.26 bits per heavy atom. The molecule has 1 amide bonds. The van der Waals surface area contributed by atoms with Gasteiger partial charge in [-0.15, -0.1) is 0 Å². The molecule has 0 saturated heterocycles. The molecular weight excluding hydrogens is 392 g/mol. The van der Waals surface area contributed by atoms with Crippen LogP contribution >= 0.6 is 0 Å². The van der Waals surface area contributed by atoms with E-state index < -0.39 is 5.54 Å². The van der Waals surface area contributed by atoms with Crippen molar-refractivity contribution in [3.8, 4) is 23.0 Å². The predicted octanol–water partition coefficient (Wildman–Crippen LogP) is 2.48. The molecule has 1 aromatic carbocycles. The number of aromatic nitrogens is 3. The van der Waals surface area contributed by atoms with Gasteiger partial charge in [-0.2, -0.15) is 5.26 Å². The van der Waals surface area contributed by atoms with Crippen LogP contribution in [0.5, 0.6) is 0 Å². The van der Waals surface area contributed by atoms with Crippen molar-refractivity contribution in [2.75, 3.05) is 20.6 Å². The second-order valence-corrected chi connectivity index (χ2v) is 8.45. The molecule has 3 rings (SSSR count). The molecule has 2 aromatic heterocycles. The minimum atomic E-state index is -0.399. The summed E-state index contributed by atoms with van der Waals surface area (Å²) >= 11 is 0. The second kappa shape index (κ2) is 8.58. The second-order valence-electron chi connectivity index (χ2n) is 8.45. The van der Waals surface area contributed by atoms with Crippen LogP contribution in [-0.4, -0.2) is 51.8 Å². The highest BCUT2D eigenvalue weighted by Crippen LogP contribution is 2.21. The first kappa shape index (κ1) is 22.0. The van der Waals surface area contributed by atoms with Crippen LogP contribution in [0.2, 0.25) is 0 Å². The zero-order valence-corrected chi connectivity index (χ0v) is 18.4. The summed E-state index contributed by atoms with van der Waals surface area (Å²) in [6.07, 6.45) is 3.07. The number of rotatable bonds is 6. The fourth-order valence-electron chi connectivity index (χ4n) is 3.63. The van der Waals surface area contributed by atoms with E-state index in [0.29, 0.717) is 29.1 Å². The number of hydrogen-bond acceptors (Lipinski definition) is 5. The topological polar surface area (TPSA) is 107 Å². The number of H-pyrrole nitrogens is 1. The van der Waals surface area contributed by atoms with Gasteiger partial charge in [0.15, 0.2) is 5.82 Å². The van der Waals surface area contributed by atoms with Gasteiger partial charge < -0.3 is 10.2 Å². The van der Waals surface area contributed by atoms with Gasteiger partial charge in [0, 0.05) is 24.5 Å². The van der Waals surface area contributed by atoms with Crippen LogP contribution in [0.3, 0.4) is 0 Å². The van der Waals surface area contributed by atoms with Gasteiger partial charge in [-0.1, -0.05) is 6.07 Å². The van der Waals surface area contributed by atoms with Crippen molar-refractivity contribution in [1.82, 2.24) is 25.0 Å². The summed E-state index contributed by atoms with van der Waals surface area (Å²) in [6, 6.07) is 10.6. The number of hydrogen-bond donors (Lipinski definition) is 2. The summed E-state index contributed by atoms with van der Waals surface area (Å²) in [6.45, 7) is 6.46. The first-order valence-corrected chi connectivity index (χ1v) is 9.86. The monoisotopic (exact) mass is 418 g/mol. The van der Waals surface area contributed by atoms with Crippen molar-refractivity contribution in [3.63, 3.8) is 0 Å². The van der Waals surface area contributed by atoms with Crippen molar-refractivity contribution < 1.29 is 4.79 Å². The summed E-state index contributed by atoms with van der Waals surface area (Å²) in [5.74, 6) is 0.158. The maximum absolute atomic E-state index is 12.9. The Balaban J connectivity index is 1.84. The lowest BCUT2D eigenvalue weighted by molar-refractivity contribution is 0.0899. The number of carbonyl (C=O) groups excluding carboxylic acids is 1. The minimum Gasteiger partial charge on any atom is -0.346 e. The normalized spacial score (nSPS) is 11.4. The van der Waals surface area contributed by atoms with E-state index in [9.17, 15) is 9.59 Å². The fourth-order valence-corrected chi connectivity index (χ4v) is 3.63. The Hall–Kier alpha value is -3.70. The Morgan fingerprint density at radius 2 is 2.00 bits per heavy atom. The van der Waals surface area contributed by atoms with E-state index in [2.05, 4.69) is 21.5 Å². The lowest BCUT2D eigenvalue weighted by Gasteiger charge is -2.29. The van der Waals surface area contributed by atoms with Crippen molar-refractivity contribution in [1.29, 1.82) is 5.26 Å². The highest BCUT2D eigenvalue weighted by molar-refractivity contribution is 5.94. The fraction of sp³-hybridized carbons (Fsp3) is 0.304. The van der Waals surface area contributed by atoms with Gasteiger partial charge in [0.1, 0.15) is 0 Å². The molecule has 0 atom stereocenters. The van der Waals surface area contributed by atoms with Gasteiger partial charge in [0.2, 0.25) is 0 Å². The molecule has 0 aliphatic rings. The van der Waals surface area contributed by atoms with E-state index in [1.165, 1.54) is 10.9 Å². The van der Waals surface area contributed by atoms with Crippen molar-refractivity contribution in [3.05, 3.63) is 69.8 Å². The Bertz CT molecular complexity index is 1200. The van der Waals surface area contributed by atoms with Crippen molar-refractivity contribution in [2.45, 2.75) is 26.3 Å². The number of benzene rings is 1. The van der Waals surface area contributed by atoms with Crippen LogP contribution in [0.4, 0.5) is 0 Å². The molecule has 0 saturated carbocycles. The third-order valence-corrected chi connectivity index (χ3v) is 4.82. The SMILES string of the molecule is Cc1cc(C#N)ccc1-c1c[nH]n(-c2ccc(C(=O)NC(C)(C)CN(C)C)cn2)c1=O. The number of carbonyl (C=O) groups is 1. The predicted molar refractivity (Wildman–Crippen MR) is 119 cm³/mol. The van der Waals surface area contributed by atoms with E-state index in [1.54, 1.807) is 36.5 Å². The summed E-state index contributed by atoms with van der Waals surface area (Å²) < 4.78 is 1.32. The molecule has 2 heterocycles. The summed E-state index contributed by atoms with van der Waals surface area (Å²) in [4.78, 5) is 31.8. The third-order valence-electron chi connectivity index (χ3n) is 4.82. The van der Waals surface area contributed by atoms with E-state index >= 15 is 0 Å². The van der Waals surface area contributed by atoms with Gasteiger partial charge in [-0.05, 0) is 70.3 Å². The minimum absolute atomic E-state index is 0.223. The maximum atomic E-state index is 12.9. The molecule has 0 aliphatic carbocycles. The van der Waals surface area contributed by atoms with E-state index in [0.717, 1.165) is 11.1 Å². The Labute approximate surface area is 181 Å². The number of nitrogens with one attached hydrogen (secondary N) is 2. The number of nitrogens with zero attached hydrogens (tertiary/aromatic N) is 4. The lowest BCUT2D eigenvalue weighted by Crippen LogP contribution is -2.50. The van der Waals surface area contributed by atoms with Crippen LogP contribution < -0.4 is 10.9 Å². The largest absolute Gasteiger partial charge is 0.346 e. The highest BCUT2D eigenvalue weighted by atomic mass is 16.2. The number of nitriles is 1. The van der Waals surface area contributed by atoms with E-state index in [4.69, 9.17) is 5.26 Å². The Kier molecular flexibility index (Phi) is 6.09. The summed E-state index contributed by atoms with van der Waals surface area (Å²) in [7, 11) is 3.90. The number of amides is 1. The lowest BCUT2D eigenvalue weighted by atomic mass is 10.0. The average molecular weight is 419 g/mol. The molecular formula is C23H26N6O2. The van der Waals surface area contributed by atoms with Gasteiger partial charge in [0.05, 0.1) is 22.8 Å². The third kappa shape index (κ3) is 4.90. The van der Waals surface area contributed by atoms with Gasteiger partial charge >= 0.3 is 0 Å². The van der Waals surface area contributed by atoms with Crippen LogP contribution in [0, 0.1) is 18.3 Å². The smallest absolute Gasteiger partial charge is 0.280 e. The van der Waals surface area contributed by atoms with Crippen LogP contribution in [0.15, 0.2) is 47.5 Å². The van der Waals surface area contributed by atoms with Crippen molar-refractivity contribution >= 4 is 5.91 Å². The van der Waals surface area contributed by atoms with Crippen molar-refractivity contribution in [2.24, 2.45) is 0 Å². The molecule has 8 nitrogen and oxygen atoms in total. The van der Waals surface area contributed by atoms with E-state index in [1.807, 2.05) is 39.8 Å². The highest BCUT2D eigenvalue weighted by Gasteiger charge is 2.22. The molecule has 160 valence electrons. The first-order valence-electron chi connectivity index (χ1n) is 9.86. The molecule has 0 aliphatic heterocycles. The molecule has 8 heteroatoms. The van der Waals surface area contributed by atoms with Gasteiger partial charge in [0.25, 0.3) is 11.5 Å². The Morgan fingerprint density at radius 3 is 2.58 bits per heavy atom. The molecule has 0 radical (unpaired) electrons. The molecule has 0 fully saturated rings. The molecule has 2 N–H and O–H groups in total. The molecule has 3 aromatic rings. The first-order chi connectivity index (χ1) is 14.6. The molecule has 31 heavy (non-hydrogen) atoms. The van der Waals surface area contributed by atoms with Gasteiger partial charge in [-0.25, -0.2) is 9.67 Å². The number of aromatic amines is 1. The zero-order chi connectivity index (χ0) is 22.8. The number of likely N-dealkylation sites (N-methyl/N-ethyl adjacent to an activating group) is 1. The number of aryl methyl sites for hydroxylation is 1. The number of pyridine rings is 1. The molecule has 0 spiro atoms. The van der Waals surface area contributed by atoms with Crippen LogP contribution in [-0.2, 0) is 0 Å².